The first-order valence-corrected chi connectivity index (χ1v) is 5.28. The molecular weight excluding hydrogens is 306 g/mol. The Kier molecular flexibility index (Phi) is 4.02. The Morgan fingerprint density at radius 3 is 2.53 bits per heavy atom. The summed E-state index contributed by atoms with van der Waals surface area (Å²) in [7, 11) is 0. The standard InChI is InChI=1S/C8H7BBrF3NO3/c1-5-2-6(10)3-7(14(15)16)8(5)17-4-9(11,12)13/h2-3H,4H2,1H3/q-1. The molecule has 0 radical (unpaired) electrons. The van der Waals surface area contributed by atoms with Gasteiger partial charge in [0, 0.05) is 10.5 Å². The summed E-state index contributed by atoms with van der Waals surface area (Å²) in [4.78, 5) is 9.90. The molecule has 0 N–H and O–H groups in total. The van der Waals surface area contributed by atoms with Gasteiger partial charge in [-0.3, -0.25) is 10.1 Å². The van der Waals surface area contributed by atoms with E-state index in [0.29, 0.717) is 4.47 Å². The summed E-state index contributed by atoms with van der Waals surface area (Å²) < 4.78 is 41.0. The van der Waals surface area contributed by atoms with Crippen LogP contribution in [0.1, 0.15) is 5.56 Å². The third-order valence-electron chi connectivity index (χ3n) is 1.83. The van der Waals surface area contributed by atoms with E-state index in [1.807, 2.05) is 0 Å². The number of rotatable bonds is 4. The highest BCUT2D eigenvalue weighted by atomic mass is 79.9. The minimum Gasteiger partial charge on any atom is -0.516 e. The Labute approximate surface area is 103 Å². The lowest BCUT2D eigenvalue weighted by molar-refractivity contribution is -0.385. The van der Waals surface area contributed by atoms with E-state index < -0.39 is 24.1 Å². The van der Waals surface area contributed by atoms with Crippen LogP contribution >= 0.6 is 15.9 Å². The van der Waals surface area contributed by atoms with Gasteiger partial charge >= 0.3 is 12.7 Å². The molecule has 4 nitrogen and oxygen atoms in total. The SMILES string of the molecule is Cc1cc(Br)cc([N+](=O)[O-])c1OC[B-](F)(F)F. The fraction of sp³-hybridized carbons (Fsp3) is 0.250. The van der Waals surface area contributed by atoms with Crippen LogP contribution in [0.15, 0.2) is 16.6 Å². The normalized spacial score (nSPS) is 11.4. The van der Waals surface area contributed by atoms with Crippen LogP contribution in [0, 0.1) is 17.0 Å². The van der Waals surface area contributed by atoms with Gasteiger partial charge in [-0.15, -0.1) is 0 Å². The molecule has 0 spiro atoms. The van der Waals surface area contributed by atoms with E-state index >= 15 is 0 Å². The average molecular weight is 313 g/mol. The van der Waals surface area contributed by atoms with Gasteiger partial charge < -0.3 is 17.7 Å². The molecule has 0 atom stereocenters. The van der Waals surface area contributed by atoms with Crippen LogP contribution in [0.3, 0.4) is 0 Å². The van der Waals surface area contributed by atoms with Gasteiger partial charge in [0.1, 0.15) is 0 Å². The van der Waals surface area contributed by atoms with Crippen LogP contribution < -0.4 is 4.74 Å². The van der Waals surface area contributed by atoms with E-state index in [9.17, 15) is 23.1 Å². The molecular formula is C8H7BBrF3NO3-. The number of halogens is 4. The summed E-state index contributed by atoms with van der Waals surface area (Å²) in [5, 5.41) is 10.7. The summed E-state index contributed by atoms with van der Waals surface area (Å²) in [5.74, 6) is -0.350. The molecule has 0 bridgehead atoms. The maximum absolute atomic E-state index is 12.0. The van der Waals surface area contributed by atoms with Crippen molar-refractivity contribution in [3.8, 4) is 5.75 Å². The number of benzene rings is 1. The largest absolute Gasteiger partial charge is 0.516 e. The molecule has 0 saturated carbocycles. The van der Waals surface area contributed by atoms with Gasteiger partial charge in [0.15, 0.2) is 5.75 Å². The molecule has 17 heavy (non-hydrogen) atoms. The summed E-state index contributed by atoms with van der Waals surface area (Å²) in [5.41, 5.74) is -0.219. The van der Waals surface area contributed by atoms with E-state index in [2.05, 4.69) is 20.7 Å². The first-order valence-electron chi connectivity index (χ1n) is 4.49. The van der Waals surface area contributed by atoms with E-state index in [4.69, 9.17) is 0 Å². The second kappa shape index (κ2) is 4.95. The molecule has 1 aromatic carbocycles. The van der Waals surface area contributed by atoms with Crippen molar-refractivity contribution in [2.24, 2.45) is 0 Å². The molecule has 0 aromatic heterocycles. The summed E-state index contributed by atoms with van der Waals surface area (Å²) in [6.07, 6.45) is 0. The summed E-state index contributed by atoms with van der Waals surface area (Å²) in [6, 6.07) is 2.55. The third kappa shape index (κ3) is 3.92. The molecule has 94 valence electrons. The number of nitrogens with zero attached hydrogens (tertiary/aromatic N) is 1. The van der Waals surface area contributed by atoms with Gasteiger partial charge in [-0.2, -0.15) is 0 Å². The maximum Gasteiger partial charge on any atom is 0.515 e. The number of hydrogen-bond donors (Lipinski definition) is 0. The number of hydrogen-bond acceptors (Lipinski definition) is 3. The zero-order valence-corrected chi connectivity index (χ0v) is 10.2. The quantitative estimate of drug-likeness (QED) is 0.486. The van der Waals surface area contributed by atoms with Crippen LogP contribution in [0.2, 0.25) is 0 Å². The van der Waals surface area contributed by atoms with Gasteiger partial charge in [-0.1, -0.05) is 15.9 Å². The van der Waals surface area contributed by atoms with Gasteiger partial charge in [0.05, 0.1) is 11.4 Å². The van der Waals surface area contributed by atoms with E-state index in [0.717, 1.165) is 6.07 Å². The monoisotopic (exact) mass is 312 g/mol. The van der Waals surface area contributed by atoms with E-state index in [1.54, 1.807) is 0 Å². The lowest BCUT2D eigenvalue weighted by atomic mass is 9.95. The minimum absolute atomic E-state index is 0.270. The molecule has 0 amide bonds. The Balaban J connectivity index is 3.09. The van der Waals surface area contributed by atoms with Crippen LogP contribution in [0.25, 0.3) is 0 Å². The highest BCUT2D eigenvalue weighted by molar-refractivity contribution is 9.10. The topological polar surface area (TPSA) is 52.4 Å². The maximum atomic E-state index is 12.0. The highest BCUT2D eigenvalue weighted by Crippen LogP contribution is 2.34. The van der Waals surface area contributed by atoms with Crippen molar-refractivity contribution in [3.05, 3.63) is 32.3 Å². The van der Waals surface area contributed by atoms with Crippen molar-refractivity contribution in [1.82, 2.24) is 0 Å². The van der Waals surface area contributed by atoms with Crippen molar-refractivity contribution < 1.29 is 22.6 Å². The zero-order valence-electron chi connectivity index (χ0n) is 8.62. The number of ether oxygens (including phenoxy) is 1. The molecule has 0 aliphatic rings. The van der Waals surface area contributed by atoms with E-state index in [-0.39, 0.29) is 11.3 Å². The Bertz CT molecular complexity index is 452. The molecule has 0 heterocycles. The molecule has 1 aromatic rings. The summed E-state index contributed by atoms with van der Waals surface area (Å²) in [6.45, 7) is -5.20. The predicted octanol–water partition coefficient (Wildman–Crippen LogP) is 3.43. The molecule has 1 rings (SSSR count). The number of aryl methyl sites for hydroxylation is 1. The second-order valence-electron chi connectivity index (χ2n) is 3.35. The van der Waals surface area contributed by atoms with Crippen molar-refractivity contribution in [2.75, 3.05) is 6.51 Å². The first kappa shape index (κ1) is 13.8. The lowest BCUT2D eigenvalue weighted by Gasteiger charge is -2.16. The number of nitro benzene ring substituents is 1. The van der Waals surface area contributed by atoms with Crippen molar-refractivity contribution in [1.29, 1.82) is 0 Å². The first-order chi connectivity index (χ1) is 7.70. The fourth-order valence-corrected chi connectivity index (χ4v) is 1.77. The molecule has 0 unspecified atom stereocenters. The zero-order chi connectivity index (χ0) is 13.2. The van der Waals surface area contributed by atoms with E-state index in [1.165, 1.54) is 13.0 Å². The molecule has 0 fully saturated rings. The Hall–Kier alpha value is -1.25. The minimum atomic E-state index is -5.14. The molecule has 9 heteroatoms. The predicted molar refractivity (Wildman–Crippen MR) is 60.1 cm³/mol. The van der Waals surface area contributed by atoms with Crippen LogP contribution in [0.4, 0.5) is 18.6 Å². The van der Waals surface area contributed by atoms with Crippen LogP contribution in [-0.2, 0) is 0 Å². The molecule has 0 saturated heterocycles. The van der Waals surface area contributed by atoms with Gasteiger partial charge in [0.25, 0.3) is 0 Å². The fourth-order valence-electron chi connectivity index (χ4n) is 1.21. The second-order valence-corrected chi connectivity index (χ2v) is 4.27. The smallest absolute Gasteiger partial charge is 0.515 e. The average Bonchev–Trinajstić information content (AvgIpc) is 2.13. The third-order valence-corrected chi connectivity index (χ3v) is 2.29. The Morgan fingerprint density at radius 1 is 1.47 bits per heavy atom. The van der Waals surface area contributed by atoms with Crippen molar-refractivity contribution in [3.63, 3.8) is 0 Å². The van der Waals surface area contributed by atoms with Crippen LogP contribution in [0.5, 0.6) is 5.75 Å². The van der Waals surface area contributed by atoms with Gasteiger partial charge in [-0.05, 0) is 18.6 Å². The highest BCUT2D eigenvalue weighted by Gasteiger charge is 2.27. The summed E-state index contributed by atoms with van der Waals surface area (Å²) >= 11 is 3.03. The van der Waals surface area contributed by atoms with Crippen molar-refractivity contribution in [2.45, 2.75) is 6.92 Å². The lowest BCUT2D eigenvalue weighted by Crippen LogP contribution is -2.26. The number of nitro groups is 1. The molecule has 0 aliphatic carbocycles. The van der Waals surface area contributed by atoms with Gasteiger partial charge in [0.2, 0.25) is 0 Å². The van der Waals surface area contributed by atoms with Gasteiger partial charge in [-0.25, -0.2) is 0 Å². The van der Waals surface area contributed by atoms with Crippen molar-refractivity contribution >= 4 is 28.6 Å². The Morgan fingerprint density at radius 2 is 2.06 bits per heavy atom. The molecule has 0 aliphatic heterocycles. The van der Waals surface area contributed by atoms with Crippen LogP contribution in [-0.4, -0.2) is 18.4 Å².